The van der Waals surface area contributed by atoms with Crippen molar-refractivity contribution in [1.82, 2.24) is 10.9 Å². The molecule has 0 aliphatic heterocycles. The van der Waals surface area contributed by atoms with Crippen LogP contribution in [0.3, 0.4) is 0 Å². The minimum Gasteiger partial charge on any atom is -0.493 e. The van der Waals surface area contributed by atoms with Crippen molar-refractivity contribution in [3.63, 3.8) is 0 Å². The Balaban J connectivity index is 1.68. The fourth-order valence-corrected chi connectivity index (χ4v) is 4.48. The molecule has 1 heterocycles. The Bertz CT molecular complexity index is 1180. The molecule has 1 unspecified atom stereocenters. The highest BCUT2D eigenvalue weighted by atomic mass is 32.1. The van der Waals surface area contributed by atoms with E-state index in [1.54, 1.807) is 31.2 Å². The Kier molecular flexibility index (Phi) is 8.44. The zero-order valence-corrected chi connectivity index (χ0v) is 20.8. The summed E-state index contributed by atoms with van der Waals surface area (Å²) in [6.07, 6.45) is -0.828. The number of nitrogens with one attached hydrogen (secondary N) is 3. The lowest BCUT2D eigenvalue weighted by molar-refractivity contribution is -0.127. The number of carbonyl (C=O) groups is 2. The fraction of sp³-hybridized carbons (Fsp3) is 0.208. The monoisotopic (exact) mass is 499 g/mol. The number of carbonyl (C=O) groups excluding carboxylic acids is 2. The topological polar surface area (TPSA) is 97.9 Å². The van der Waals surface area contributed by atoms with E-state index >= 15 is 0 Å². The maximum absolute atomic E-state index is 12.6. The van der Waals surface area contributed by atoms with Gasteiger partial charge in [-0.05, 0) is 43.8 Å². The summed E-state index contributed by atoms with van der Waals surface area (Å²) in [5.41, 5.74) is 7.18. The van der Waals surface area contributed by atoms with Crippen LogP contribution in [-0.4, -0.2) is 37.3 Å². The van der Waals surface area contributed by atoms with Gasteiger partial charge in [0.05, 0.1) is 14.2 Å². The Labute approximate surface area is 207 Å². The number of anilines is 1. The van der Waals surface area contributed by atoms with Crippen molar-refractivity contribution in [2.24, 2.45) is 0 Å². The third-order valence-electron chi connectivity index (χ3n) is 4.80. The van der Waals surface area contributed by atoms with Crippen molar-refractivity contribution < 1.29 is 23.8 Å². The van der Waals surface area contributed by atoms with Gasteiger partial charge >= 0.3 is 5.97 Å². The molecule has 3 N–H and O–H groups in total. The van der Waals surface area contributed by atoms with Crippen molar-refractivity contribution in [3.8, 4) is 22.6 Å². The molecule has 3 rings (SSSR count). The Hall–Kier alpha value is -3.63. The van der Waals surface area contributed by atoms with Crippen LogP contribution in [0.1, 0.15) is 22.2 Å². The van der Waals surface area contributed by atoms with Gasteiger partial charge in [0.25, 0.3) is 5.91 Å². The number of hydrogen-bond donors (Lipinski definition) is 3. The van der Waals surface area contributed by atoms with Gasteiger partial charge in [0.2, 0.25) is 0 Å². The average Bonchev–Trinajstić information content (AvgIpc) is 3.17. The number of thiophene rings is 1. The van der Waals surface area contributed by atoms with Crippen molar-refractivity contribution in [1.29, 1.82) is 0 Å². The van der Waals surface area contributed by atoms with E-state index in [2.05, 4.69) is 16.2 Å². The molecular formula is C24H25N3O5S2. The molecule has 1 amide bonds. The standard InChI is InChI=1S/C24H25N3O5S2/c1-14(32-18-13-9-8-12-17(18)30-3)21(28)26-27-24(33)25-22-20(23(29)31-4)19(15(2)34-22)16-10-6-5-7-11-16/h5-14H,1-4H3,(H,26,28)(H2,25,27,33). The van der Waals surface area contributed by atoms with E-state index in [0.717, 1.165) is 16.0 Å². The SMILES string of the molecule is COC(=O)c1c(NC(=S)NNC(=O)C(C)Oc2ccccc2OC)sc(C)c1-c1ccccc1. The minimum absolute atomic E-state index is 0.101. The number of amides is 1. The van der Waals surface area contributed by atoms with Crippen LogP contribution in [-0.2, 0) is 9.53 Å². The number of thiocarbonyl (C=S) groups is 1. The first kappa shape index (κ1) is 25.0. The molecule has 0 saturated heterocycles. The predicted octanol–water partition coefficient (Wildman–Crippen LogP) is 4.30. The first-order valence-corrected chi connectivity index (χ1v) is 11.5. The average molecular weight is 500 g/mol. The number of benzene rings is 2. The van der Waals surface area contributed by atoms with E-state index in [1.165, 1.54) is 25.6 Å². The molecular weight excluding hydrogens is 474 g/mol. The molecule has 8 nitrogen and oxygen atoms in total. The fourth-order valence-electron chi connectivity index (χ4n) is 3.20. The summed E-state index contributed by atoms with van der Waals surface area (Å²) < 4.78 is 15.9. The maximum atomic E-state index is 12.6. The second-order valence-corrected chi connectivity index (χ2v) is 8.71. The summed E-state index contributed by atoms with van der Waals surface area (Å²) in [7, 11) is 2.85. The van der Waals surface area contributed by atoms with Crippen LogP contribution >= 0.6 is 23.6 Å². The Morgan fingerprint density at radius 2 is 1.62 bits per heavy atom. The van der Waals surface area contributed by atoms with E-state index in [4.69, 9.17) is 26.4 Å². The number of rotatable bonds is 7. The number of methoxy groups -OCH3 is 2. The van der Waals surface area contributed by atoms with E-state index < -0.39 is 18.0 Å². The normalized spacial score (nSPS) is 11.2. The quantitative estimate of drug-likeness (QED) is 0.251. The number of aryl methyl sites for hydroxylation is 1. The van der Waals surface area contributed by atoms with E-state index in [-0.39, 0.29) is 5.11 Å². The number of hydrazine groups is 1. The van der Waals surface area contributed by atoms with Crippen LogP contribution < -0.4 is 25.6 Å². The molecule has 2 aromatic carbocycles. The highest BCUT2D eigenvalue weighted by molar-refractivity contribution is 7.80. The zero-order valence-electron chi connectivity index (χ0n) is 19.1. The van der Waals surface area contributed by atoms with E-state index in [1.807, 2.05) is 37.3 Å². The number of esters is 1. The first-order valence-electron chi connectivity index (χ1n) is 10.3. The summed E-state index contributed by atoms with van der Waals surface area (Å²) >= 11 is 6.68. The molecule has 0 fully saturated rings. The molecule has 3 aromatic rings. The van der Waals surface area contributed by atoms with Crippen molar-refractivity contribution in [3.05, 3.63) is 65.0 Å². The van der Waals surface area contributed by atoms with Gasteiger partial charge in [0.1, 0.15) is 10.6 Å². The van der Waals surface area contributed by atoms with E-state index in [0.29, 0.717) is 22.1 Å². The molecule has 0 saturated carbocycles. The highest BCUT2D eigenvalue weighted by Gasteiger charge is 2.25. The first-order chi connectivity index (χ1) is 16.3. The third-order valence-corrected chi connectivity index (χ3v) is 6.03. The summed E-state index contributed by atoms with van der Waals surface area (Å²) in [6.45, 7) is 3.52. The van der Waals surface area contributed by atoms with Crippen LogP contribution in [0, 0.1) is 6.92 Å². The van der Waals surface area contributed by atoms with Crippen molar-refractivity contribution in [2.75, 3.05) is 19.5 Å². The summed E-state index contributed by atoms with van der Waals surface area (Å²) in [6, 6.07) is 16.6. The molecule has 0 radical (unpaired) electrons. The number of ether oxygens (including phenoxy) is 3. The van der Waals surface area contributed by atoms with Crippen LogP contribution in [0.15, 0.2) is 54.6 Å². The lowest BCUT2D eigenvalue weighted by Gasteiger charge is -2.17. The summed E-state index contributed by atoms with van der Waals surface area (Å²) in [5.74, 6) is 0.0236. The molecule has 0 aliphatic rings. The van der Waals surface area contributed by atoms with Gasteiger partial charge in [0.15, 0.2) is 22.7 Å². The molecule has 0 spiro atoms. The lowest BCUT2D eigenvalue weighted by Crippen LogP contribution is -2.48. The smallest absolute Gasteiger partial charge is 0.341 e. The van der Waals surface area contributed by atoms with E-state index in [9.17, 15) is 9.59 Å². The molecule has 0 bridgehead atoms. The summed E-state index contributed by atoms with van der Waals surface area (Å²) in [4.78, 5) is 26.0. The molecule has 1 atom stereocenters. The summed E-state index contributed by atoms with van der Waals surface area (Å²) in [5, 5.41) is 3.59. The minimum atomic E-state index is -0.828. The number of para-hydroxylation sites is 2. The Morgan fingerprint density at radius 3 is 2.26 bits per heavy atom. The van der Waals surface area contributed by atoms with Gasteiger partial charge in [-0.2, -0.15) is 0 Å². The van der Waals surface area contributed by atoms with Crippen molar-refractivity contribution >= 4 is 45.5 Å². The third kappa shape index (κ3) is 5.83. The molecule has 0 aliphatic carbocycles. The highest BCUT2D eigenvalue weighted by Crippen LogP contribution is 2.40. The lowest BCUT2D eigenvalue weighted by atomic mass is 10.0. The maximum Gasteiger partial charge on any atom is 0.341 e. The van der Waals surface area contributed by atoms with Crippen LogP contribution in [0.4, 0.5) is 5.00 Å². The molecule has 34 heavy (non-hydrogen) atoms. The van der Waals surface area contributed by atoms with Gasteiger partial charge in [-0.1, -0.05) is 42.5 Å². The molecule has 178 valence electrons. The Morgan fingerprint density at radius 1 is 0.971 bits per heavy atom. The second kappa shape index (κ2) is 11.5. The van der Waals surface area contributed by atoms with Crippen LogP contribution in [0.5, 0.6) is 11.5 Å². The predicted molar refractivity (Wildman–Crippen MR) is 136 cm³/mol. The molecule has 10 heteroatoms. The largest absolute Gasteiger partial charge is 0.493 e. The van der Waals surface area contributed by atoms with Gasteiger partial charge < -0.3 is 19.5 Å². The second-order valence-electron chi connectivity index (χ2n) is 7.07. The number of hydrogen-bond acceptors (Lipinski definition) is 7. The van der Waals surface area contributed by atoms with Crippen molar-refractivity contribution in [2.45, 2.75) is 20.0 Å². The van der Waals surface area contributed by atoms with Crippen LogP contribution in [0.2, 0.25) is 0 Å². The van der Waals surface area contributed by atoms with Gasteiger partial charge in [-0.3, -0.25) is 15.6 Å². The van der Waals surface area contributed by atoms with Gasteiger partial charge in [0, 0.05) is 10.4 Å². The zero-order chi connectivity index (χ0) is 24.7. The van der Waals surface area contributed by atoms with Gasteiger partial charge in [-0.25, -0.2) is 4.79 Å². The molecule has 1 aromatic heterocycles. The van der Waals surface area contributed by atoms with Crippen LogP contribution in [0.25, 0.3) is 11.1 Å². The van der Waals surface area contributed by atoms with Gasteiger partial charge in [-0.15, -0.1) is 11.3 Å².